The first-order valence-electron chi connectivity index (χ1n) is 11.4. The van der Waals surface area contributed by atoms with Crippen molar-refractivity contribution in [1.29, 1.82) is 0 Å². The Balaban J connectivity index is 1.18. The van der Waals surface area contributed by atoms with Gasteiger partial charge in [-0.1, -0.05) is 42.5 Å². The van der Waals surface area contributed by atoms with Crippen molar-refractivity contribution in [3.05, 3.63) is 77.6 Å². The summed E-state index contributed by atoms with van der Waals surface area (Å²) in [4.78, 5) is 52.1. The minimum Gasteiger partial charge on any atom is -0.353 e. The normalized spacial score (nSPS) is 15.6. The number of hydrogen-bond acceptors (Lipinski definition) is 6. The highest BCUT2D eigenvalue weighted by molar-refractivity contribution is 6.21. The number of carbonyl (C=O) groups excluding carboxylic acids is 3. The zero-order chi connectivity index (χ0) is 23.7. The number of benzene rings is 2. The van der Waals surface area contributed by atoms with Crippen molar-refractivity contribution in [2.24, 2.45) is 0 Å². The van der Waals surface area contributed by atoms with Crippen LogP contribution in [0.1, 0.15) is 33.0 Å². The first kappa shape index (κ1) is 21.8. The van der Waals surface area contributed by atoms with Crippen LogP contribution >= 0.6 is 0 Å². The molecular weight excluding hydrogens is 430 g/mol. The Morgan fingerprint density at radius 3 is 2.12 bits per heavy atom. The first-order chi connectivity index (χ1) is 16.5. The van der Waals surface area contributed by atoms with E-state index in [1.165, 1.54) is 4.90 Å². The molecule has 0 spiro atoms. The van der Waals surface area contributed by atoms with Crippen LogP contribution in [0.4, 0.5) is 5.82 Å². The number of carbonyl (C=O) groups is 3. The molecule has 0 aliphatic carbocycles. The third kappa shape index (κ3) is 4.14. The van der Waals surface area contributed by atoms with E-state index in [0.29, 0.717) is 43.1 Å². The van der Waals surface area contributed by atoms with Gasteiger partial charge in [0.1, 0.15) is 11.6 Å². The zero-order valence-corrected chi connectivity index (χ0v) is 19.0. The number of anilines is 1. The molecule has 34 heavy (non-hydrogen) atoms. The van der Waals surface area contributed by atoms with Gasteiger partial charge in [-0.3, -0.25) is 19.3 Å². The fourth-order valence-electron chi connectivity index (χ4n) is 4.46. The van der Waals surface area contributed by atoms with Crippen LogP contribution in [0.25, 0.3) is 11.3 Å². The molecule has 3 amide bonds. The predicted molar refractivity (Wildman–Crippen MR) is 127 cm³/mol. The summed E-state index contributed by atoms with van der Waals surface area (Å²) in [6.45, 7) is 4.41. The van der Waals surface area contributed by atoms with E-state index in [1.54, 1.807) is 29.2 Å². The van der Waals surface area contributed by atoms with Gasteiger partial charge in [0.25, 0.3) is 11.8 Å². The van der Waals surface area contributed by atoms with Crippen molar-refractivity contribution >= 4 is 23.5 Å². The minimum atomic E-state index is -0.327. The lowest BCUT2D eigenvalue weighted by Gasteiger charge is -2.35. The van der Waals surface area contributed by atoms with Crippen LogP contribution in [0.3, 0.4) is 0 Å². The number of aryl methyl sites for hydroxylation is 1. The Hall–Kier alpha value is -4.07. The Labute approximate surface area is 197 Å². The number of piperazine rings is 1. The molecule has 1 aromatic heterocycles. The standard InChI is InChI=1S/C26H25N5O3/c1-18-27-22(19-7-3-2-4-8-19)17-23(28-18)29-13-15-30(16-14-29)24(32)11-12-31-25(33)20-9-5-6-10-21(20)26(31)34/h2-10,17H,11-16H2,1H3. The molecule has 2 aliphatic rings. The molecule has 8 nitrogen and oxygen atoms in total. The molecular formula is C26H25N5O3. The third-order valence-corrected chi connectivity index (χ3v) is 6.28. The summed E-state index contributed by atoms with van der Waals surface area (Å²) in [5.74, 6) is 0.846. The van der Waals surface area contributed by atoms with Gasteiger partial charge in [0.2, 0.25) is 5.91 Å². The lowest BCUT2D eigenvalue weighted by atomic mass is 10.1. The minimum absolute atomic E-state index is 0.0555. The summed E-state index contributed by atoms with van der Waals surface area (Å²) in [5, 5.41) is 0. The average molecular weight is 456 g/mol. The maximum atomic E-state index is 12.8. The number of hydrogen-bond donors (Lipinski definition) is 0. The number of aromatic nitrogens is 2. The summed E-state index contributed by atoms with van der Waals surface area (Å²) in [5.41, 5.74) is 2.73. The van der Waals surface area contributed by atoms with Gasteiger partial charge in [0.05, 0.1) is 16.8 Å². The van der Waals surface area contributed by atoms with Crippen LogP contribution in [0.5, 0.6) is 0 Å². The van der Waals surface area contributed by atoms with Crippen molar-refractivity contribution in [2.75, 3.05) is 37.6 Å². The van der Waals surface area contributed by atoms with Crippen molar-refractivity contribution in [1.82, 2.24) is 19.8 Å². The van der Waals surface area contributed by atoms with E-state index in [1.807, 2.05) is 43.3 Å². The fourth-order valence-corrected chi connectivity index (χ4v) is 4.46. The van der Waals surface area contributed by atoms with Crippen molar-refractivity contribution in [3.8, 4) is 11.3 Å². The van der Waals surface area contributed by atoms with Gasteiger partial charge in [0.15, 0.2) is 0 Å². The lowest BCUT2D eigenvalue weighted by molar-refractivity contribution is -0.131. The quantitative estimate of drug-likeness (QED) is 0.550. The van der Waals surface area contributed by atoms with Crippen molar-refractivity contribution in [2.45, 2.75) is 13.3 Å². The third-order valence-electron chi connectivity index (χ3n) is 6.28. The van der Waals surface area contributed by atoms with Crippen LogP contribution in [-0.2, 0) is 4.79 Å². The SMILES string of the molecule is Cc1nc(-c2ccccc2)cc(N2CCN(C(=O)CCN3C(=O)c4ccccc4C3=O)CC2)n1. The van der Waals surface area contributed by atoms with E-state index in [4.69, 9.17) is 0 Å². The molecule has 8 heteroatoms. The van der Waals surface area contributed by atoms with Crippen LogP contribution in [0.15, 0.2) is 60.7 Å². The van der Waals surface area contributed by atoms with E-state index in [2.05, 4.69) is 14.9 Å². The summed E-state index contributed by atoms with van der Waals surface area (Å²) >= 11 is 0. The molecule has 1 fully saturated rings. The average Bonchev–Trinajstić information content (AvgIpc) is 3.12. The first-order valence-corrected chi connectivity index (χ1v) is 11.4. The Bertz CT molecular complexity index is 1220. The Kier molecular flexibility index (Phi) is 5.79. The molecule has 1 saturated heterocycles. The highest BCUT2D eigenvalue weighted by Crippen LogP contribution is 2.24. The molecule has 2 aromatic carbocycles. The molecule has 5 rings (SSSR count). The van der Waals surface area contributed by atoms with Gasteiger partial charge in [-0.15, -0.1) is 0 Å². The molecule has 3 heterocycles. The Morgan fingerprint density at radius 1 is 0.853 bits per heavy atom. The van der Waals surface area contributed by atoms with Gasteiger partial charge in [-0.05, 0) is 19.1 Å². The number of fused-ring (bicyclic) bond motifs is 1. The van der Waals surface area contributed by atoms with E-state index in [9.17, 15) is 14.4 Å². The second-order valence-electron chi connectivity index (χ2n) is 8.45. The highest BCUT2D eigenvalue weighted by atomic mass is 16.2. The van der Waals surface area contributed by atoms with Crippen molar-refractivity contribution < 1.29 is 14.4 Å². The molecule has 2 aliphatic heterocycles. The van der Waals surface area contributed by atoms with Gasteiger partial charge in [-0.2, -0.15) is 0 Å². The summed E-state index contributed by atoms with van der Waals surface area (Å²) in [7, 11) is 0. The van der Waals surface area contributed by atoms with Crippen LogP contribution in [0, 0.1) is 6.92 Å². The number of amides is 3. The van der Waals surface area contributed by atoms with Gasteiger partial charge in [0, 0.05) is 50.8 Å². The summed E-state index contributed by atoms with van der Waals surface area (Å²) in [6.07, 6.45) is 0.121. The topological polar surface area (TPSA) is 86.7 Å². The summed E-state index contributed by atoms with van der Waals surface area (Å²) < 4.78 is 0. The van der Waals surface area contributed by atoms with E-state index in [-0.39, 0.29) is 30.7 Å². The molecule has 0 atom stereocenters. The lowest BCUT2D eigenvalue weighted by Crippen LogP contribution is -2.49. The Morgan fingerprint density at radius 2 is 1.47 bits per heavy atom. The molecule has 0 N–H and O–H groups in total. The molecule has 0 unspecified atom stereocenters. The van der Waals surface area contributed by atoms with Crippen LogP contribution in [-0.4, -0.2) is 70.2 Å². The molecule has 3 aromatic rings. The molecule has 0 bridgehead atoms. The molecule has 0 saturated carbocycles. The molecule has 172 valence electrons. The van der Waals surface area contributed by atoms with Crippen molar-refractivity contribution in [3.63, 3.8) is 0 Å². The second-order valence-corrected chi connectivity index (χ2v) is 8.45. The molecule has 0 radical (unpaired) electrons. The largest absolute Gasteiger partial charge is 0.353 e. The summed E-state index contributed by atoms with van der Waals surface area (Å²) in [6, 6.07) is 18.7. The highest BCUT2D eigenvalue weighted by Gasteiger charge is 2.35. The van der Waals surface area contributed by atoms with E-state index >= 15 is 0 Å². The van der Waals surface area contributed by atoms with Crippen LogP contribution < -0.4 is 4.90 Å². The van der Waals surface area contributed by atoms with E-state index in [0.717, 1.165) is 17.1 Å². The fraction of sp³-hybridized carbons (Fsp3) is 0.269. The zero-order valence-electron chi connectivity index (χ0n) is 19.0. The van der Waals surface area contributed by atoms with Gasteiger partial charge >= 0.3 is 0 Å². The second kappa shape index (κ2) is 9.05. The predicted octanol–water partition coefficient (Wildman–Crippen LogP) is 2.79. The number of rotatable bonds is 5. The maximum absolute atomic E-state index is 12.8. The van der Waals surface area contributed by atoms with Gasteiger partial charge < -0.3 is 9.80 Å². The maximum Gasteiger partial charge on any atom is 0.261 e. The number of imide groups is 1. The monoisotopic (exact) mass is 455 g/mol. The van der Waals surface area contributed by atoms with E-state index < -0.39 is 0 Å². The smallest absolute Gasteiger partial charge is 0.261 e. The van der Waals surface area contributed by atoms with Crippen LogP contribution in [0.2, 0.25) is 0 Å². The number of nitrogens with zero attached hydrogens (tertiary/aromatic N) is 5. The van der Waals surface area contributed by atoms with Gasteiger partial charge in [-0.25, -0.2) is 9.97 Å².